The first-order valence-electron chi connectivity index (χ1n) is 13.0. The summed E-state index contributed by atoms with van der Waals surface area (Å²) in [4.78, 5) is 25.8. The second kappa shape index (κ2) is 13.7. The van der Waals surface area contributed by atoms with Crippen molar-refractivity contribution in [2.75, 3.05) is 14.1 Å². The molecular formula is C30H42N2O4. The molecule has 0 spiro atoms. The molecule has 0 fully saturated rings. The van der Waals surface area contributed by atoms with E-state index in [1.807, 2.05) is 48.7 Å². The van der Waals surface area contributed by atoms with Gasteiger partial charge < -0.3 is 19.3 Å². The average Bonchev–Trinajstić information content (AvgIpc) is 3.12. The van der Waals surface area contributed by atoms with Crippen molar-refractivity contribution < 1.29 is 19.4 Å². The third-order valence-corrected chi connectivity index (χ3v) is 5.92. The number of ether oxygens (including phenoxy) is 1. The Hall–Kier alpha value is -3.28. The maximum Gasteiger partial charge on any atom is 0.335 e. The number of aromatic carboxylic acids is 1. The number of carboxylic acids is 1. The molecule has 0 saturated heterocycles. The van der Waals surface area contributed by atoms with E-state index in [-0.39, 0.29) is 24.1 Å². The van der Waals surface area contributed by atoms with Crippen LogP contribution in [0.25, 0.3) is 22.2 Å². The maximum atomic E-state index is 12.7. The first-order chi connectivity index (χ1) is 17.1. The van der Waals surface area contributed by atoms with Gasteiger partial charge >= 0.3 is 5.97 Å². The topological polar surface area (TPSA) is 71.8 Å². The summed E-state index contributed by atoms with van der Waals surface area (Å²) in [7, 11) is 3.45. The molecule has 6 nitrogen and oxygen atoms in total. The van der Waals surface area contributed by atoms with Crippen LogP contribution in [0.1, 0.15) is 76.2 Å². The first-order valence-corrected chi connectivity index (χ1v) is 13.0. The highest BCUT2D eigenvalue weighted by molar-refractivity contribution is 5.98. The molecule has 1 heterocycles. The quantitative estimate of drug-likeness (QED) is 0.328. The summed E-state index contributed by atoms with van der Waals surface area (Å²) in [6, 6.07) is 13.0. The van der Waals surface area contributed by atoms with E-state index in [0.717, 1.165) is 46.3 Å². The Labute approximate surface area is 215 Å². The number of carbonyl (C=O) groups is 2. The van der Waals surface area contributed by atoms with Gasteiger partial charge in [0.15, 0.2) is 0 Å². The molecule has 1 N–H and O–H groups in total. The van der Waals surface area contributed by atoms with Gasteiger partial charge in [-0.3, -0.25) is 4.79 Å². The molecule has 0 saturated carbocycles. The van der Waals surface area contributed by atoms with E-state index in [1.54, 1.807) is 31.1 Å². The van der Waals surface area contributed by atoms with E-state index in [4.69, 9.17) is 4.74 Å². The number of rotatable bonds is 10. The van der Waals surface area contributed by atoms with Gasteiger partial charge in [-0.05, 0) is 67.8 Å². The molecule has 3 rings (SSSR count). The molecule has 0 bridgehead atoms. The van der Waals surface area contributed by atoms with E-state index < -0.39 is 5.97 Å². The SMILES string of the molecule is CCCCC.CCCc1c(-c2ccc(OC(C)C)cc2)n(CC(=O)N(C)C)c2cc(C(=O)O)ccc12. The van der Waals surface area contributed by atoms with Crippen LogP contribution in [0.5, 0.6) is 5.75 Å². The summed E-state index contributed by atoms with van der Waals surface area (Å²) in [6.07, 6.45) is 5.92. The standard InChI is InChI=1S/C25H30N2O4.C5H12/c1-6-7-21-20-13-10-18(25(29)30)14-22(20)27(15-23(28)26(4)5)24(21)17-8-11-19(12-9-17)31-16(2)3;1-3-5-4-2/h8-14,16H,6-7,15H2,1-5H3,(H,29,30);3-5H2,1-2H3. The molecule has 1 aromatic heterocycles. The minimum Gasteiger partial charge on any atom is -0.491 e. The highest BCUT2D eigenvalue weighted by Gasteiger charge is 2.21. The number of benzene rings is 2. The predicted molar refractivity (Wildman–Crippen MR) is 148 cm³/mol. The van der Waals surface area contributed by atoms with Crippen LogP contribution < -0.4 is 4.74 Å². The third kappa shape index (κ3) is 7.36. The Morgan fingerprint density at radius 1 is 0.972 bits per heavy atom. The van der Waals surface area contributed by atoms with E-state index >= 15 is 0 Å². The highest BCUT2D eigenvalue weighted by Crippen LogP contribution is 2.36. The normalized spacial score (nSPS) is 10.8. The highest BCUT2D eigenvalue weighted by atomic mass is 16.5. The molecule has 6 heteroatoms. The molecule has 0 radical (unpaired) electrons. The zero-order valence-electron chi connectivity index (χ0n) is 22.9. The second-order valence-corrected chi connectivity index (χ2v) is 9.53. The molecule has 3 aromatic rings. The number of carbonyl (C=O) groups excluding carboxylic acids is 1. The Kier molecular flexibility index (Phi) is 11.0. The van der Waals surface area contributed by atoms with E-state index in [2.05, 4.69) is 20.8 Å². The van der Waals surface area contributed by atoms with Gasteiger partial charge in [0.05, 0.1) is 22.9 Å². The Balaban J connectivity index is 0.000000830. The lowest BCUT2D eigenvalue weighted by molar-refractivity contribution is -0.129. The summed E-state index contributed by atoms with van der Waals surface area (Å²) in [5.41, 5.74) is 4.01. The number of likely N-dealkylation sites (N-methyl/N-ethyl adjacent to an activating group) is 1. The molecule has 0 aliphatic rings. The molecule has 36 heavy (non-hydrogen) atoms. The lowest BCUT2D eigenvalue weighted by Crippen LogP contribution is -2.26. The molecule has 1 amide bonds. The average molecular weight is 495 g/mol. The summed E-state index contributed by atoms with van der Waals surface area (Å²) in [5, 5.41) is 10.5. The molecule has 0 atom stereocenters. The smallest absolute Gasteiger partial charge is 0.335 e. The lowest BCUT2D eigenvalue weighted by Gasteiger charge is -2.16. The second-order valence-electron chi connectivity index (χ2n) is 9.53. The van der Waals surface area contributed by atoms with Crippen molar-refractivity contribution in [3.05, 3.63) is 53.6 Å². The molecule has 0 aliphatic heterocycles. The fourth-order valence-electron chi connectivity index (χ4n) is 4.15. The number of carboxylic acid groups (broad SMARTS) is 1. The lowest BCUT2D eigenvalue weighted by atomic mass is 10.0. The van der Waals surface area contributed by atoms with Crippen LogP contribution in [-0.4, -0.2) is 46.6 Å². The van der Waals surface area contributed by atoms with Crippen LogP contribution in [0.3, 0.4) is 0 Å². The van der Waals surface area contributed by atoms with Crippen LogP contribution in [0, 0.1) is 0 Å². The molecule has 2 aromatic carbocycles. The zero-order valence-corrected chi connectivity index (χ0v) is 22.9. The zero-order chi connectivity index (χ0) is 26.8. The first kappa shape index (κ1) is 29.0. The van der Waals surface area contributed by atoms with Gasteiger partial charge in [-0.2, -0.15) is 0 Å². The molecular weight excluding hydrogens is 452 g/mol. The summed E-state index contributed by atoms with van der Waals surface area (Å²) in [6.45, 7) is 10.6. The van der Waals surface area contributed by atoms with E-state index in [0.29, 0.717) is 0 Å². The van der Waals surface area contributed by atoms with Crippen molar-refractivity contribution in [3.63, 3.8) is 0 Å². The number of amides is 1. The van der Waals surface area contributed by atoms with Crippen LogP contribution >= 0.6 is 0 Å². The van der Waals surface area contributed by atoms with Gasteiger partial charge in [0.2, 0.25) is 5.91 Å². The largest absolute Gasteiger partial charge is 0.491 e. The van der Waals surface area contributed by atoms with E-state index in [1.165, 1.54) is 19.3 Å². The van der Waals surface area contributed by atoms with Crippen molar-refractivity contribution >= 4 is 22.8 Å². The Morgan fingerprint density at radius 3 is 2.08 bits per heavy atom. The minimum absolute atomic E-state index is 0.0540. The number of hydrogen-bond acceptors (Lipinski definition) is 3. The Morgan fingerprint density at radius 2 is 1.61 bits per heavy atom. The molecule has 0 aliphatic carbocycles. The summed E-state index contributed by atoms with van der Waals surface area (Å²) >= 11 is 0. The summed E-state index contributed by atoms with van der Waals surface area (Å²) < 4.78 is 7.73. The van der Waals surface area contributed by atoms with Crippen LogP contribution in [0.2, 0.25) is 0 Å². The van der Waals surface area contributed by atoms with E-state index in [9.17, 15) is 14.7 Å². The van der Waals surface area contributed by atoms with Crippen LogP contribution in [0.15, 0.2) is 42.5 Å². The number of aromatic nitrogens is 1. The van der Waals surface area contributed by atoms with Gasteiger partial charge in [0.25, 0.3) is 0 Å². The fourth-order valence-corrected chi connectivity index (χ4v) is 4.15. The predicted octanol–water partition coefficient (Wildman–Crippen LogP) is 7.03. The molecule has 196 valence electrons. The van der Waals surface area contributed by atoms with Crippen LogP contribution in [0.4, 0.5) is 0 Å². The van der Waals surface area contributed by atoms with Crippen molar-refractivity contribution in [3.8, 4) is 17.0 Å². The van der Waals surface area contributed by atoms with Gasteiger partial charge in [-0.15, -0.1) is 0 Å². The van der Waals surface area contributed by atoms with Crippen molar-refractivity contribution in [2.24, 2.45) is 0 Å². The van der Waals surface area contributed by atoms with Crippen LogP contribution in [-0.2, 0) is 17.8 Å². The van der Waals surface area contributed by atoms with Gasteiger partial charge in [-0.25, -0.2) is 4.79 Å². The Bertz CT molecular complexity index is 1140. The van der Waals surface area contributed by atoms with Gasteiger partial charge in [0, 0.05) is 19.5 Å². The fraction of sp³-hybridized carbons (Fsp3) is 0.467. The third-order valence-electron chi connectivity index (χ3n) is 5.92. The number of hydrogen-bond donors (Lipinski definition) is 1. The number of nitrogens with zero attached hydrogens (tertiary/aromatic N) is 2. The van der Waals surface area contributed by atoms with Crippen molar-refractivity contribution in [1.82, 2.24) is 9.47 Å². The maximum absolute atomic E-state index is 12.7. The number of fused-ring (bicyclic) bond motifs is 1. The molecule has 0 unspecified atom stereocenters. The minimum atomic E-state index is -0.984. The summed E-state index contributed by atoms with van der Waals surface area (Å²) in [5.74, 6) is -0.250. The van der Waals surface area contributed by atoms with Crippen molar-refractivity contribution in [2.45, 2.75) is 79.4 Å². The number of unbranched alkanes of at least 4 members (excludes halogenated alkanes) is 2. The van der Waals surface area contributed by atoms with Gasteiger partial charge in [-0.1, -0.05) is 52.5 Å². The number of aryl methyl sites for hydroxylation is 1. The monoisotopic (exact) mass is 494 g/mol. The van der Waals surface area contributed by atoms with Gasteiger partial charge in [0.1, 0.15) is 12.3 Å². The van der Waals surface area contributed by atoms with Crippen molar-refractivity contribution in [1.29, 1.82) is 0 Å².